The van der Waals surface area contributed by atoms with Crippen LogP contribution in [0.3, 0.4) is 0 Å². The zero-order valence-electron chi connectivity index (χ0n) is 17.9. The Morgan fingerprint density at radius 1 is 1.03 bits per heavy atom. The summed E-state index contributed by atoms with van der Waals surface area (Å²) in [5.41, 5.74) is 1.34. The predicted molar refractivity (Wildman–Crippen MR) is 114 cm³/mol. The molecule has 0 bridgehead atoms. The maximum atomic E-state index is 13.2. The molecular formula is C20H29N2O7P. The van der Waals surface area contributed by atoms with Gasteiger partial charge in [-0.3, -0.25) is 4.57 Å². The van der Waals surface area contributed by atoms with Crippen molar-refractivity contribution >= 4 is 13.3 Å². The Morgan fingerprint density at radius 2 is 1.63 bits per heavy atom. The Bertz CT molecular complexity index is 826. The lowest BCUT2D eigenvalue weighted by molar-refractivity contribution is 0.219. The van der Waals surface area contributed by atoms with Crippen molar-refractivity contribution in [3.63, 3.8) is 0 Å². The molecule has 0 aliphatic heterocycles. The first-order valence-electron chi connectivity index (χ1n) is 9.49. The lowest BCUT2D eigenvalue weighted by Gasteiger charge is -2.26. The molecule has 0 saturated heterocycles. The fraction of sp³-hybridized carbons (Fsp3) is 0.450. The molecule has 2 rings (SSSR count). The number of ether oxygens (including phenoxy) is 3. The van der Waals surface area contributed by atoms with Gasteiger partial charge in [-0.05, 0) is 37.6 Å². The Morgan fingerprint density at radius 3 is 2.07 bits per heavy atom. The fourth-order valence-electron chi connectivity index (χ4n) is 2.90. The van der Waals surface area contributed by atoms with Crippen molar-refractivity contribution in [3.8, 4) is 23.1 Å². The van der Waals surface area contributed by atoms with Gasteiger partial charge in [0.05, 0.1) is 58.6 Å². The van der Waals surface area contributed by atoms with Crippen molar-refractivity contribution in [3.05, 3.63) is 36.0 Å². The van der Waals surface area contributed by atoms with Crippen molar-refractivity contribution in [2.75, 3.05) is 46.0 Å². The molecule has 10 heteroatoms. The van der Waals surface area contributed by atoms with E-state index in [1.807, 2.05) is 0 Å². The van der Waals surface area contributed by atoms with Crippen molar-refractivity contribution < 1.29 is 32.9 Å². The molecule has 0 aliphatic carbocycles. The van der Waals surface area contributed by atoms with Gasteiger partial charge in [-0.15, -0.1) is 0 Å². The van der Waals surface area contributed by atoms with Crippen LogP contribution < -0.4 is 19.5 Å². The third-order valence-corrected chi connectivity index (χ3v) is 6.36. The summed E-state index contributed by atoms with van der Waals surface area (Å²) >= 11 is 0. The molecule has 166 valence electrons. The molecule has 2 N–H and O–H groups in total. The summed E-state index contributed by atoms with van der Waals surface area (Å²) in [6.45, 7) is 4.01. The highest BCUT2D eigenvalue weighted by atomic mass is 31.2. The van der Waals surface area contributed by atoms with Gasteiger partial charge in [0.25, 0.3) is 0 Å². The summed E-state index contributed by atoms with van der Waals surface area (Å²) in [5, 5.41) is 13.5. The Hall–Kier alpha value is -2.48. The number of nitrogens with one attached hydrogen (secondary N) is 1. The number of hydrogen-bond acceptors (Lipinski definition) is 9. The van der Waals surface area contributed by atoms with Gasteiger partial charge in [0.1, 0.15) is 0 Å². The van der Waals surface area contributed by atoms with Crippen molar-refractivity contribution in [2.45, 2.75) is 19.9 Å². The third kappa shape index (κ3) is 6.01. The van der Waals surface area contributed by atoms with Crippen LogP contribution in [0.5, 0.6) is 23.1 Å². The number of hydrogen-bond donors (Lipinski definition) is 2. The molecule has 0 spiro atoms. The van der Waals surface area contributed by atoms with Crippen LogP contribution in [0, 0.1) is 0 Å². The van der Waals surface area contributed by atoms with E-state index in [1.165, 1.54) is 21.3 Å². The number of benzene rings is 1. The maximum absolute atomic E-state index is 13.2. The highest BCUT2D eigenvalue weighted by molar-refractivity contribution is 7.53. The Kier molecular flexibility index (Phi) is 8.77. The van der Waals surface area contributed by atoms with Gasteiger partial charge >= 0.3 is 7.60 Å². The number of anilines is 1. The first-order valence-corrected chi connectivity index (χ1v) is 11.2. The van der Waals surface area contributed by atoms with Crippen LogP contribution in [-0.4, -0.2) is 50.8 Å². The minimum Gasteiger partial charge on any atom is -0.502 e. The minimum atomic E-state index is -3.40. The van der Waals surface area contributed by atoms with E-state index in [9.17, 15) is 9.67 Å². The molecular weight excluding hydrogens is 411 g/mol. The van der Waals surface area contributed by atoms with Crippen LogP contribution in [0.25, 0.3) is 0 Å². The summed E-state index contributed by atoms with van der Waals surface area (Å²) < 4.78 is 39.8. The second-order valence-electron chi connectivity index (χ2n) is 6.19. The van der Waals surface area contributed by atoms with Gasteiger partial charge in [-0.25, -0.2) is 4.98 Å². The van der Waals surface area contributed by atoms with Crippen molar-refractivity contribution in [2.24, 2.45) is 0 Å². The molecule has 2 aromatic rings. The highest BCUT2D eigenvalue weighted by Crippen LogP contribution is 2.52. The summed E-state index contributed by atoms with van der Waals surface area (Å²) in [4.78, 5) is 4.19. The first-order chi connectivity index (χ1) is 14.4. The fourth-order valence-corrected chi connectivity index (χ4v) is 4.72. The SMILES string of the molecule is CCOP(=O)(CC(Nc1ccc(OC)nc1)c1cc(OC)c(O)c(OC)c1)OCC. The highest BCUT2D eigenvalue weighted by Gasteiger charge is 2.31. The number of nitrogens with zero attached hydrogens (tertiary/aromatic N) is 1. The molecule has 1 aromatic heterocycles. The van der Waals surface area contributed by atoms with Crippen LogP contribution in [-0.2, 0) is 13.6 Å². The van der Waals surface area contributed by atoms with E-state index in [4.69, 9.17) is 23.3 Å². The number of rotatable bonds is 12. The molecule has 1 aromatic carbocycles. The Balaban J connectivity index is 2.47. The van der Waals surface area contributed by atoms with E-state index >= 15 is 0 Å². The minimum absolute atomic E-state index is 0.0395. The second kappa shape index (κ2) is 11.1. The third-order valence-electron chi connectivity index (χ3n) is 4.25. The monoisotopic (exact) mass is 440 g/mol. The van der Waals surface area contributed by atoms with Crippen LogP contribution in [0.1, 0.15) is 25.5 Å². The molecule has 0 amide bonds. The number of pyridine rings is 1. The lowest BCUT2D eigenvalue weighted by atomic mass is 10.1. The summed E-state index contributed by atoms with van der Waals surface area (Å²) in [6, 6.07) is 6.28. The average Bonchev–Trinajstić information content (AvgIpc) is 2.74. The molecule has 0 aliphatic rings. The molecule has 30 heavy (non-hydrogen) atoms. The first kappa shape index (κ1) is 23.8. The topological polar surface area (TPSA) is 108 Å². The summed E-state index contributed by atoms with van der Waals surface area (Å²) in [5.74, 6) is 0.809. The standard InChI is InChI=1S/C20H29N2O7P/c1-6-28-30(24,29-7-2)13-16(22-15-8-9-19(27-5)21-12-15)14-10-17(25-3)20(23)18(11-14)26-4/h8-12,16,22-23H,6-7,13H2,1-5H3. The zero-order valence-corrected chi connectivity index (χ0v) is 18.8. The molecule has 1 atom stereocenters. The second-order valence-corrected chi connectivity index (χ2v) is 8.29. The number of aromatic hydroxyl groups is 1. The number of phenolic OH excluding ortho intramolecular Hbond substituents is 1. The zero-order chi connectivity index (χ0) is 22.1. The quantitative estimate of drug-likeness (QED) is 0.469. The maximum Gasteiger partial charge on any atom is 0.333 e. The van der Waals surface area contributed by atoms with Gasteiger partial charge in [0.2, 0.25) is 11.6 Å². The molecule has 1 unspecified atom stereocenters. The predicted octanol–water partition coefficient (Wildman–Crippen LogP) is 4.23. The lowest BCUT2D eigenvalue weighted by Crippen LogP contribution is -2.18. The van der Waals surface area contributed by atoms with E-state index in [2.05, 4.69) is 10.3 Å². The van der Waals surface area contributed by atoms with Crippen molar-refractivity contribution in [1.29, 1.82) is 0 Å². The van der Waals surface area contributed by atoms with Crippen LogP contribution in [0.15, 0.2) is 30.5 Å². The van der Waals surface area contributed by atoms with Gasteiger partial charge in [-0.1, -0.05) is 0 Å². The van der Waals surface area contributed by atoms with Gasteiger partial charge < -0.3 is 33.7 Å². The Labute approximate surface area is 176 Å². The average molecular weight is 440 g/mol. The van der Waals surface area contributed by atoms with E-state index < -0.39 is 13.6 Å². The smallest absolute Gasteiger partial charge is 0.333 e. The normalized spacial score (nSPS) is 12.3. The van der Waals surface area contributed by atoms with Gasteiger partial charge in [0, 0.05) is 6.07 Å². The molecule has 9 nitrogen and oxygen atoms in total. The molecule has 1 heterocycles. The number of methoxy groups -OCH3 is 3. The molecule has 0 radical (unpaired) electrons. The van der Waals surface area contributed by atoms with Crippen LogP contribution in [0.2, 0.25) is 0 Å². The van der Waals surface area contributed by atoms with Crippen molar-refractivity contribution in [1.82, 2.24) is 4.98 Å². The van der Waals surface area contributed by atoms with E-state index in [1.54, 1.807) is 44.3 Å². The summed E-state index contributed by atoms with van der Waals surface area (Å²) in [6.07, 6.45) is 1.64. The van der Waals surface area contributed by atoms with Crippen LogP contribution >= 0.6 is 7.60 Å². The van der Waals surface area contributed by atoms with E-state index in [-0.39, 0.29) is 36.6 Å². The van der Waals surface area contributed by atoms with E-state index in [0.29, 0.717) is 17.1 Å². The van der Waals surface area contributed by atoms with E-state index in [0.717, 1.165) is 0 Å². The number of phenols is 1. The number of aromatic nitrogens is 1. The largest absolute Gasteiger partial charge is 0.502 e. The van der Waals surface area contributed by atoms with Gasteiger partial charge in [-0.2, -0.15) is 0 Å². The van der Waals surface area contributed by atoms with Gasteiger partial charge in [0.15, 0.2) is 11.5 Å². The molecule has 0 fully saturated rings. The summed E-state index contributed by atoms with van der Waals surface area (Å²) in [7, 11) is 1.02. The molecule has 0 saturated carbocycles. The van der Waals surface area contributed by atoms with Crippen LogP contribution in [0.4, 0.5) is 5.69 Å².